The fourth-order valence-corrected chi connectivity index (χ4v) is 5.04. The summed E-state index contributed by atoms with van der Waals surface area (Å²) in [5, 5.41) is 24.4. The van der Waals surface area contributed by atoms with E-state index in [0.717, 1.165) is 48.2 Å². The second-order valence-electron chi connectivity index (χ2n) is 9.91. The summed E-state index contributed by atoms with van der Waals surface area (Å²) >= 11 is 0. The maximum atomic E-state index is 12.0. The molecule has 4 atom stereocenters. The van der Waals surface area contributed by atoms with Crippen LogP contribution in [0.1, 0.15) is 60.8 Å². The van der Waals surface area contributed by atoms with Crippen LogP contribution in [0.15, 0.2) is 48.5 Å². The Kier molecular flexibility index (Phi) is 10.7. The number of aliphatic hydroxyl groups excluding tert-OH is 2. The van der Waals surface area contributed by atoms with Crippen LogP contribution in [-0.4, -0.2) is 72.1 Å². The van der Waals surface area contributed by atoms with E-state index in [4.69, 9.17) is 14.2 Å². The van der Waals surface area contributed by atoms with Gasteiger partial charge in [-0.3, -0.25) is 9.69 Å². The smallest absolute Gasteiger partial charge is 0.325 e. The highest BCUT2D eigenvalue weighted by Gasteiger charge is 2.35. The number of nitrogens with zero attached hydrogens (tertiary/aromatic N) is 1. The summed E-state index contributed by atoms with van der Waals surface area (Å²) in [5.74, 6) is -0.484. The largest absolute Gasteiger partial charge is 0.465 e. The van der Waals surface area contributed by atoms with Crippen LogP contribution in [0.4, 0.5) is 4.79 Å². The molecular formula is C29H39N3O7. The number of ether oxygens (including phenoxy) is 3. The third kappa shape index (κ3) is 8.23. The number of carbonyl (C=O) groups excluding carboxylic acids is 2. The van der Waals surface area contributed by atoms with Gasteiger partial charge in [0.1, 0.15) is 6.54 Å². The van der Waals surface area contributed by atoms with Crippen LogP contribution in [0.2, 0.25) is 0 Å². The zero-order valence-electron chi connectivity index (χ0n) is 22.4. The van der Waals surface area contributed by atoms with Crippen molar-refractivity contribution in [3.8, 4) is 0 Å². The van der Waals surface area contributed by atoms with E-state index in [9.17, 15) is 19.8 Å². The molecule has 0 saturated carbocycles. The van der Waals surface area contributed by atoms with Crippen molar-refractivity contribution >= 4 is 12.0 Å². The van der Waals surface area contributed by atoms with Gasteiger partial charge in [0.25, 0.3) is 0 Å². The SMILES string of the molecule is CCOC(=O)CNC(=O)NCc1ccc(C2OC(CN3CCCC3CO)CC(c3ccc(CO)cc3)O2)cc1. The van der Waals surface area contributed by atoms with Crippen LogP contribution in [0, 0.1) is 0 Å². The van der Waals surface area contributed by atoms with Gasteiger partial charge in [0, 0.05) is 31.1 Å². The molecule has 212 valence electrons. The van der Waals surface area contributed by atoms with E-state index in [2.05, 4.69) is 15.5 Å². The van der Waals surface area contributed by atoms with Gasteiger partial charge in [-0.05, 0) is 43.0 Å². The van der Waals surface area contributed by atoms with Crippen molar-refractivity contribution in [3.63, 3.8) is 0 Å². The fourth-order valence-electron chi connectivity index (χ4n) is 5.04. The van der Waals surface area contributed by atoms with Gasteiger partial charge in [-0.25, -0.2) is 4.79 Å². The molecule has 2 aromatic rings. The van der Waals surface area contributed by atoms with E-state index < -0.39 is 18.3 Å². The lowest BCUT2D eigenvalue weighted by Crippen LogP contribution is -2.42. The van der Waals surface area contributed by atoms with Crippen LogP contribution in [0.3, 0.4) is 0 Å². The number of amides is 2. The van der Waals surface area contributed by atoms with Crippen LogP contribution in [-0.2, 0) is 32.2 Å². The first-order valence-corrected chi connectivity index (χ1v) is 13.6. The third-order valence-corrected chi connectivity index (χ3v) is 7.17. The van der Waals surface area contributed by atoms with E-state index >= 15 is 0 Å². The second-order valence-corrected chi connectivity index (χ2v) is 9.91. The summed E-state index contributed by atoms with van der Waals surface area (Å²) < 4.78 is 17.6. The number of aliphatic hydroxyl groups is 2. The molecule has 39 heavy (non-hydrogen) atoms. The van der Waals surface area contributed by atoms with Gasteiger partial charge >= 0.3 is 12.0 Å². The summed E-state index contributed by atoms with van der Waals surface area (Å²) in [7, 11) is 0. The molecule has 10 nitrogen and oxygen atoms in total. The molecule has 2 aliphatic rings. The number of esters is 1. The lowest BCUT2D eigenvalue weighted by atomic mass is 9.99. The van der Waals surface area contributed by atoms with E-state index in [0.29, 0.717) is 13.0 Å². The molecule has 0 bridgehead atoms. The highest BCUT2D eigenvalue weighted by Crippen LogP contribution is 2.38. The Morgan fingerprint density at radius 2 is 1.72 bits per heavy atom. The topological polar surface area (TPSA) is 130 Å². The highest BCUT2D eigenvalue weighted by molar-refractivity contribution is 5.80. The summed E-state index contributed by atoms with van der Waals surface area (Å²) in [4.78, 5) is 25.7. The van der Waals surface area contributed by atoms with Gasteiger partial charge in [0.2, 0.25) is 0 Å². The first kappa shape index (κ1) is 29.0. The van der Waals surface area contributed by atoms with E-state index in [1.807, 2.05) is 48.5 Å². The molecule has 4 unspecified atom stereocenters. The zero-order valence-corrected chi connectivity index (χ0v) is 22.4. The third-order valence-electron chi connectivity index (χ3n) is 7.17. The van der Waals surface area contributed by atoms with E-state index in [1.165, 1.54) is 0 Å². The molecule has 10 heteroatoms. The van der Waals surface area contributed by atoms with Gasteiger partial charge in [-0.1, -0.05) is 48.5 Å². The molecular weight excluding hydrogens is 502 g/mol. The lowest BCUT2D eigenvalue weighted by Gasteiger charge is -2.38. The normalized spacial score (nSPS) is 23.4. The number of hydrogen-bond donors (Lipinski definition) is 4. The zero-order chi connectivity index (χ0) is 27.6. The molecule has 0 spiro atoms. The van der Waals surface area contributed by atoms with Gasteiger partial charge in [-0.15, -0.1) is 0 Å². The van der Waals surface area contributed by atoms with Crippen LogP contribution in [0.25, 0.3) is 0 Å². The first-order chi connectivity index (χ1) is 19.0. The molecule has 2 amide bonds. The number of benzene rings is 2. The van der Waals surface area contributed by atoms with Crippen LogP contribution in [0.5, 0.6) is 0 Å². The predicted molar refractivity (Wildman–Crippen MR) is 143 cm³/mol. The van der Waals surface area contributed by atoms with Crippen LogP contribution < -0.4 is 10.6 Å². The summed E-state index contributed by atoms with van der Waals surface area (Å²) in [6.45, 7) is 3.89. The number of likely N-dealkylation sites (tertiary alicyclic amines) is 1. The molecule has 2 heterocycles. The van der Waals surface area contributed by atoms with E-state index in [1.54, 1.807) is 6.92 Å². The average Bonchev–Trinajstić information content (AvgIpc) is 3.42. The maximum absolute atomic E-state index is 12.0. The van der Waals surface area contributed by atoms with Gasteiger partial charge in [-0.2, -0.15) is 0 Å². The van der Waals surface area contributed by atoms with Crippen molar-refractivity contribution < 1.29 is 34.0 Å². The van der Waals surface area contributed by atoms with Gasteiger partial charge in [0.15, 0.2) is 6.29 Å². The van der Waals surface area contributed by atoms with Gasteiger partial charge in [0.05, 0.1) is 32.0 Å². The van der Waals surface area contributed by atoms with Crippen molar-refractivity contribution in [1.82, 2.24) is 15.5 Å². The van der Waals surface area contributed by atoms with Crippen molar-refractivity contribution in [2.24, 2.45) is 0 Å². The Labute approximate surface area is 229 Å². The molecule has 0 aliphatic carbocycles. The van der Waals surface area contributed by atoms with Crippen molar-refractivity contribution in [1.29, 1.82) is 0 Å². The van der Waals surface area contributed by atoms with E-state index in [-0.39, 0.29) is 44.6 Å². The molecule has 2 saturated heterocycles. The Bertz CT molecular complexity index is 1060. The van der Waals surface area contributed by atoms with Crippen molar-refractivity contribution in [3.05, 3.63) is 70.8 Å². The second kappa shape index (κ2) is 14.4. The number of rotatable bonds is 11. The lowest BCUT2D eigenvalue weighted by molar-refractivity contribution is -0.253. The predicted octanol–water partition coefficient (Wildman–Crippen LogP) is 2.54. The minimum Gasteiger partial charge on any atom is -0.465 e. The Morgan fingerprint density at radius 1 is 1.00 bits per heavy atom. The van der Waals surface area contributed by atoms with Crippen molar-refractivity contribution in [2.75, 3.05) is 32.8 Å². The number of carbonyl (C=O) groups is 2. The molecule has 2 aromatic carbocycles. The number of nitrogens with one attached hydrogen (secondary N) is 2. The quantitative estimate of drug-likeness (QED) is 0.320. The Hall–Kier alpha value is -3.02. The number of hydrogen-bond acceptors (Lipinski definition) is 8. The fraction of sp³-hybridized carbons (Fsp3) is 0.517. The molecule has 2 fully saturated rings. The first-order valence-electron chi connectivity index (χ1n) is 13.6. The molecule has 0 aromatic heterocycles. The summed E-state index contributed by atoms with van der Waals surface area (Å²) in [5.41, 5.74) is 3.63. The minimum absolute atomic E-state index is 0.00800. The monoisotopic (exact) mass is 541 g/mol. The molecule has 0 radical (unpaired) electrons. The number of urea groups is 1. The minimum atomic E-state index is -0.573. The Morgan fingerprint density at radius 3 is 2.41 bits per heavy atom. The van der Waals surface area contributed by atoms with Crippen molar-refractivity contribution in [2.45, 2.75) is 63.9 Å². The maximum Gasteiger partial charge on any atom is 0.325 e. The summed E-state index contributed by atoms with van der Waals surface area (Å²) in [6, 6.07) is 15.2. The summed E-state index contributed by atoms with van der Waals surface area (Å²) in [6.07, 6.45) is 1.92. The molecule has 4 rings (SSSR count). The molecule has 4 N–H and O–H groups in total. The standard InChI is InChI=1S/C29H39N3O7/c1-2-37-27(35)16-31-29(36)30-15-20-5-11-23(12-6-20)28-38-25(17-32-13-3-4-24(32)19-34)14-26(39-28)22-9-7-21(18-33)8-10-22/h5-12,24-26,28,33-34H,2-4,13-19H2,1H3,(H2,30,31,36). The van der Waals surface area contributed by atoms with Crippen LogP contribution >= 0.6 is 0 Å². The Balaban J connectivity index is 1.40. The highest BCUT2D eigenvalue weighted by atomic mass is 16.7. The van der Waals surface area contributed by atoms with Gasteiger partial charge < -0.3 is 35.1 Å². The molecule has 2 aliphatic heterocycles. The average molecular weight is 542 g/mol.